The molecule has 1 fully saturated rings. The van der Waals surface area contributed by atoms with Crippen molar-refractivity contribution in [2.24, 2.45) is 0 Å². The van der Waals surface area contributed by atoms with E-state index in [1.54, 1.807) is 0 Å². The van der Waals surface area contributed by atoms with E-state index in [4.69, 9.17) is 9.31 Å². The van der Waals surface area contributed by atoms with E-state index in [1.165, 1.54) is 0 Å². The Bertz CT molecular complexity index is 464. The van der Waals surface area contributed by atoms with Crippen molar-refractivity contribution in [1.29, 1.82) is 0 Å². The summed E-state index contributed by atoms with van der Waals surface area (Å²) in [6.45, 7) is 15.6. The predicted octanol–water partition coefficient (Wildman–Crippen LogP) is 3.32. The van der Waals surface area contributed by atoms with E-state index < -0.39 is 0 Å². The van der Waals surface area contributed by atoms with Gasteiger partial charge in [-0.05, 0) is 40.2 Å². The zero-order valence-electron chi connectivity index (χ0n) is 13.9. The topological polar surface area (TPSA) is 36.3 Å². The lowest BCUT2D eigenvalue weighted by molar-refractivity contribution is 0.00578. The number of aryl methyl sites for hydroxylation is 1. The molecule has 1 aromatic rings. The second-order valence-electron chi connectivity index (χ2n) is 7.44. The third-order valence-corrected chi connectivity index (χ3v) is 4.52. The fourth-order valence-electron chi connectivity index (χ4n) is 2.33. The van der Waals surface area contributed by atoms with Gasteiger partial charge in [-0.3, -0.25) is 4.68 Å². The van der Waals surface area contributed by atoms with Crippen molar-refractivity contribution in [2.75, 3.05) is 0 Å². The summed E-state index contributed by atoms with van der Waals surface area (Å²) in [5.41, 5.74) is 0.552. The Kier molecular flexibility index (Phi) is 3.80. The standard InChI is InChI=1S/C15H27BN2O2/c1-8-12-9-10-18(17-12)11-13(2,3)16-19-14(4,5)15(6,7)20-16/h9-10H,8,11H2,1-7H3. The van der Waals surface area contributed by atoms with Gasteiger partial charge in [0.2, 0.25) is 0 Å². The molecule has 1 aliphatic heterocycles. The van der Waals surface area contributed by atoms with Crippen LogP contribution in [0.3, 0.4) is 0 Å². The maximum atomic E-state index is 6.17. The fourth-order valence-corrected chi connectivity index (χ4v) is 2.33. The van der Waals surface area contributed by atoms with Gasteiger partial charge in [0.15, 0.2) is 0 Å². The molecule has 0 atom stereocenters. The number of hydrogen-bond donors (Lipinski definition) is 0. The van der Waals surface area contributed by atoms with Crippen LogP contribution in [0.15, 0.2) is 12.3 Å². The summed E-state index contributed by atoms with van der Waals surface area (Å²) in [5.74, 6) is 0. The molecule has 1 aliphatic rings. The van der Waals surface area contributed by atoms with E-state index in [1.807, 2.05) is 10.9 Å². The summed E-state index contributed by atoms with van der Waals surface area (Å²) in [7, 11) is -0.221. The first-order valence-corrected chi connectivity index (χ1v) is 7.45. The van der Waals surface area contributed by atoms with Gasteiger partial charge in [0.1, 0.15) is 0 Å². The van der Waals surface area contributed by atoms with E-state index in [0.717, 1.165) is 18.7 Å². The Morgan fingerprint density at radius 1 is 1.20 bits per heavy atom. The molecular weight excluding hydrogens is 251 g/mol. The molecule has 112 valence electrons. The van der Waals surface area contributed by atoms with Crippen LogP contribution in [0.4, 0.5) is 0 Å². The van der Waals surface area contributed by atoms with Crippen LogP contribution in [-0.4, -0.2) is 28.1 Å². The van der Waals surface area contributed by atoms with Gasteiger partial charge in [0.05, 0.1) is 16.9 Å². The molecular formula is C15H27BN2O2. The maximum Gasteiger partial charge on any atom is 0.465 e. The number of rotatable bonds is 4. The van der Waals surface area contributed by atoms with Crippen LogP contribution in [0.2, 0.25) is 5.31 Å². The quantitative estimate of drug-likeness (QED) is 0.793. The Balaban J connectivity index is 2.11. The smallest absolute Gasteiger partial charge is 0.403 e. The Morgan fingerprint density at radius 2 is 1.75 bits per heavy atom. The molecule has 1 aromatic heterocycles. The first kappa shape index (κ1) is 15.6. The molecule has 5 heteroatoms. The molecule has 2 rings (SSSR count). The zero-order chi connectivity index (χ0) is 15.2. The average Bonchev–Trinajstić information content (AvgIpc) is 2.82. The lowest BCUT2D eigenvalue weighted by Gasteiger charge is -2.32. The number of hydrogen-bond acceptors (Lipinski definition) is 3. The normalized spacial score (nSPS) is 21.4. The van der Waals surface area contributed by atoms with E-state index >= 15 is 0 Å². The van der Waals surface area contributed by atoms with Gasteiger partial charge < -0.3 is 9.31 Å². The Hall–Kier alpha value is -0.805. The lowest BCUT2D eigenvalue weighted by atomic mass is 9.59. The minimum atomic E-state index is -0.284. The van der Waals surface area contributed by atoms with E-state index in [0.29, 0.717) is 0 Å². The fraction of sp³-hybridized carbons (Fsp3) is 0.800. The molecule has 0 amide bonds. The van der Waals surface area contributed by atoms with Crippen LogP contribution in [0.5, 0.6) is 0 Å². The van der Waals surface area contributed by atoms with Crippen LogP contribution >= 0.6 is 0 Å². The molecule has 4 nitrogen and oxygen atoms in total. The summed E-state index contributed by atoms with van der Waals surface area (Å²) in [5, 5.41) is 4.43. The van der Waals surface area contributed by atoms with Crippen molar-refractivity contribution >= 4 is 7.12 Å². The SMILES string of the molecule is CCc1ccn(CC(C)(C)B2OC(C)(C)C(C)(C)O2)n1. The molecule has 0 N–H and O–H groups in total. The molecule has 0 aliphatic carbocycles. The van der Waals surface area contributed by atoms with Crippen LogP contribution in [0.25, 0.3) is 0 Å². The van der Waals surface area contributed by atoms with Crippen LogP contribution in [-0.2, 0) is 22.3 Å². The van der Waals surface area contributed by atoms with E-state index in [2.05, 4.69) is 59.6 Å². The summed E-state index contributed by atoms with van der Waals surface area (Å²) in [6.07, 6.45) is 3.00. The van der Waals surface area contributed by atoms with Gasteiger partial charge in [-0.2, -0.15) is 5.10 Å². The van der Waals surface area contributed by atoms with Crippen molar-refractivity contribution in [3.63, 3.8) is 0 Å². The minimum absolute atomic E-state index is 0.137. The van der Waals surface area contributed by atoms with Gasteiger partial charge in [0.25, 0.3) is 0 Å². The third kappa shape index (κ3) is 2.79. The molecule has 0 bridgehead atoms. The van der Waals surface area contributed by atoms with Gasteiger partial charge >= 0.3 is 7.12 Å². The number of nitrogens with zero attached hydrogens (tertiary/aromatic N) is 2. The van der Waals surface area contributed by atoms with Gasteiger partial charge in [-0.25, -0.2) is 0 Å². The van der Waals surface area contributed by atoms with Crippen LogP contribution < -0.4 is 0 Å². The van der Waals surface area contributed by atoms with Crippen LogP contribution in [0.1, 0.15) is 54.2 Å². The summed E-state index contributed by atoms with van der Waals surface area (Å²) in [6, 6.07) is 2.07. The molecule has 0 aromatic carbocycles. The minimum Gasteiger partial charge on any atom is -0.403 e. The zero-order valence-corrected chi connectivity index (χ0v) is 13.9. The second kappa shape index (κ2) is 4.88. The first-order chi connectivity index (χ1) is 9.07. The summed E-state index contributed by atoms with van der Waals surface area (Å²) in [4.78, 5) is 0. The molecule has 0 saturated carbocycles. The molecule has 0 spiro atoms. The maximum absolute atomic E-state index is 6.17. The average molecular weight is 278 g/mol. The highest BCUT2D eigenvalue weighted by Gasteiger charge is 2.56. The Morgan fingerprint density at radius 3 is 2.20 bits per heavy atom. The monoisotopic (exact) mass is 278 g/mol. The van der Waals surface area contributed by atoms with E-state index in [-0.39, 0.29) is 23.6 Å². The van der Waals surface area contributed by atoms with Crippen LogP contribution in [0, 0.1) is 0 Å². The number of aromatic nitrogens is 2. The van der Waals surface area contributed by atoms with Crippen molar-refractivity contribution in [3.05, 3.63) is 18.0 Å². The third-order valence-electron chi connectivity index (χ3n) is 4.52. The molecule has 1 saturated heterocycles. The van der Waals surface area contributed by atoms with Gasteiger partial charge in [-0.15, -0.1) is 0 Å². The molecule has 2 heterocycles. The molecule has 20 heavy (non-hydrogen) atoms. The van der Waals surface area contributed by atoms with E-state index in [9.17, 15) is 0 Å². The highest BCUT2D eigenvalue weighted by molar-refractivity contribution is 6.49. The highest BCUT2D eigenvalue weighted by Crippen LogP contribution is 2.45. The Labute approximate surface area is 123 Å². The largest absolute Gasteiger partial charge is 0.465 e. The highest BCUT2D eigenvalue weighted by atomic mass is 16.7. The summed E-state index contributed by atoms with van der Waals surface area (Å²) < 4.78 is 14.3. The van der Waals surface area contributed by atoms with Gasteiger partial charge in [-0.1, -0.05) is 20.8 Å². The molecule has 0 radical (unpaired) electrons. The first-order valence-electron chi connectivity index (χ1n) is 7.45. The van der Waals surface area contributed by atoms with Crippen molar-refractivity contribution < 1.29 is 9.31 Å². The predicted molar refractivity (Wildman–Crippen MR) is 81.7 cm³/mol. The second-order valence-corrected chi connectivity index (χ2v) is 7.44. The van der Waals surface area contributed by atoms with Crippen molar-refractivity contribution in [3.8, 4) is 0 Å². The van der Waals surface area contributed by atoms with Gasteiger partial charge in [0, 0.05) is 18.1 Å². The molecule has 0 unspecified atom stereocenters. The summed E-state index contributed by atoms with van der Waals surface area (Å²) >= 11 is 0. The lowest BCUT2D eigenvalue weighted by Crippen LogP contribution is -2.41. The van der Waals surface area contributed by atoms with Crippen molar-refractivity contribution in [1.82, 2.24) is 9.78 Å². The van der Waals surface area contributed by atoms with Crippen molar-refractivity contribution in [2.45, 2.75) is 77.9 Å².